The number of carbonyl (C=O) groups is 1. The number of methoxy groups -OCH3 is 1. The molecule has 1 heterocycles. The number of rotatable bonds is 4. The zero-order valence-electron chi connectivity index (χ0n) is 10.7. The van der Waals surface area contributed by atoms with Gasteiger partial charge in [0.05, 0.1) is 7.11 Å². The first-order valence-electron chi connectivity index (χ1n) is 6.26. The summed E-state index contributed by atoms with van der Waals surface area (Å²) in [6.45, 7) is 6.01. The smallest absolute Gasteiger partial charge is 0.409 e. The summed E-state index contributed by atoms with van der Waals surface area (Å²) in [5, 5.41) is 3.58. The number of hydrogen-bond acceptors (Lipinski definition) is 3. The van der Waals surface area contributed by atoms with E-state index in [0.717, 1.165) is 25.9 Å². The Morgan fingerprint density at radius 2 is 2.38 bits per heavy atom. The summed E-state index contributed by atoms with van der Waals surface area (Å²) >= 11 is 0. The molecule has 1 aliphatic heterocycles. The van der Waals surface area contributed by atoms with Crippen LogP contribution in [-0.2, 0) is 4.74 Å². The van der Waals surface area contributed by atoms with E-state index in [1.54, 1.807) is 4.90 Å². The van der Waals surface area contributed by atoms with Gasteiger partial charge in [-0.05, 0) is 26.2 Å². The second-order valence-corrected chi connectivity index (χ2v) is 4.61. The van der Waals surface area contributed by atoms with E-state index < -0.39 is 0 Å². The highest BCUT2D eigenvalue weighted by atomic mass is 16.5. The Morgan fingerprint density at radius 3 is 3.00 bits per heavy atom. The molecule has 1 fully saturated rings. The average molecular weight is 228 g/mol. The third-order valence-electron chi connectivity index (χ3n) is 3.10. The summed E-state index contributed by atoms with van der Waals surface area (Å²) in [5.74, 6) is 0. The topological polar surface area (TPSA) is 41.6 Å². The molecule has 0 radical (unpaired) electrons. The number of nitrogens with one attached hydrogen (secondary N) is 1. The predicted molar refractivity (Wildman–Crippen MR) is 64.5 cm³/mol. The van der Waals surface area contributed by atoms with Gasteiger partial charge in [0.2, 0.25) is 0 Å². The van der Waals surface area contributed by atoms with Crippen molar-refractivity contribution in [2.45, 2.75) is 51.6 Å². The molecule has 4 nitrogen and oxygen atoms in total. The van der Waals surface area contributed by atoms with E-state index in [2.05, 4.69) is 19.2 Å². The molecule has 1 rings (SSSR count). The molecule has 1 aliphatic rings. The summed E-state index contributed by atoms with van der Waals surface area (Å²) in [6, 6.07) is 0.960. The van der Waals surface area contributed by atoms with Crippen molar-refractivity contribution in [3.8, 4) is 0 Å². The van der Waals surface area contributed by atoms with E-state index in [1.165, 1.54) is 20.0 Å². The van der Waals surface area contributed by atoms with Gasteiger partial charge in [-0.15, -0.1) is 0 Å². The van der Waals surface area contributed by atoms with E-state index in [-0.39, 0.29) is 6.09 Å². The molecule has 1 saturated heterocycles. The third-order valence-corrected chi connectivity index (χ3v) is 3.10. The van der Waals surface area contributed by atoms with Crippen molar-refractivity contribution >= 4 is 6.09 Å². The Labute approximate surface area is 98.3 Å². The molecule has 0 aromatic rings. The predicted octanol–water partition coefficient (Wildman–Crippen LogP) is 2.00. The highest BCUT2D eigenvalue weighted by Gasteiger charge is 2.24. The van der Waals surface area contributed by atoms with Crippen LogP contribution in [0.15, 0.2) is 0 Å². The van der Waals surface area contributed by atoms with E-state index in [9.17, 15) is 4.79 Å². The minimum Gasteiger partial charge on any atom is -0.453 e. The maximum absolute atomic E-state index is 11.4. The largest absolute Gasteiger partial charge is 0.453 e. The second kappa shape index (κ2) is 6.74. The second-order valence-electron chi connectivity index (χ2n) is 4.61. The van der Waals surface area contributed by atoms with Gasteiger partial charge in [0.25, 0.3) is 0 Å². The number of amides is 1. The van der Waals surface area contributed by atoms with Gasteiger partial charge in [0, 0.05) is 25.2 Å². The van der Waals surface area contributed by atoms with E-state index >= 15 is 0 Å². The molecule has 0 saturated carbocycles. The van der Waals surface area contributed by atoms with Crippen molar-refractivity contribution in [1.29, 1.82) is 0 Å². The molecule has 0 bridgehead atoms. The maximum Gasteiger partial charge on any atom is 0.409 e. The number of ether oxygens (including phenoxy) is 1. The monoisotopic (exact) mass is 228 g/mol. The summed E-state index contributed by atoms with van der Waals surface area (Å²) in [5.41, 5.74) is 0. The van der Waals surface area contributed by atoms with Gasteiger partial charge in [0.15, 0.2) is 0 Å². The maximum atomic E-state index is 11.4. The van der Waals surface area contributed by atoms with Gasteiger partial charge in [-0.25, -0.2) is 4.79 Å². The zero-order chi connectivity index (χ0) is 12.0. The Balaban J connectivity index is 2.35. The van der Waals surface area contributed by atoms with Crippen molar-refractivity contribution in [3.05, 3.63) is 0 Å². The first kappa shape index (κ1) is 13.3. The lowest BCUT2D eigenvalue weighted by molar-refractivity contribution is 0.106. The first-order chi connectivity index (χ1) is 7.67. The van der Waals surface area contributed by atoms with Crippen molar-refractivity contribution in [2.75, 3.05) is 20.2 Å². The molecule has 0 spiro atoms. The van der Waals surface area contributed by atoms with Crippen LogP contribution in [0.1, 0.15) is 39.5 Å². The molecule has 16 heavy (non-hydrogen) atoms. The lowest BCUT2D eigenvalue weighted by Gasteiger charge is -2.33. The van der Waals surface area contributed by atoms with Gasteiger partial charge >= 0.3 is 6.09 Å². The van der Waals surface area contributed by atoms with Crippen LogP contribution in [0, 0.1) is 0 Å². The molecule has 2 unspecified atom stereocenters. The van der Waals surface area contributed by atoms with Gasteiger partial charge in [-0.1, -0.05) is 13.3 Å². The van der Waals surface area contributed by atoms with Crippen molar-refractivity contribution in [2.24, 2.45) is 0 Å². The Morgan fingerprint density at radius 1 is 1.62 bits per heavy atom. The molecule has 4 heteroatoms. The quantitative estimate of drug-likeness (QED) is 0.800. The summed E-state index contributed by atoms with van der Waals surface area (Å²) < 4.78 is 4.75. The van der Waals surface area contributed by atoms with Gasteiger partial charge in [-0.2, -0.15) is 0 Å². The fourth-order valence-electron chi connectivity index (χ4n) is 2.33. The lowest BCUT2D eigenvalue weighted by atomic mass is 10.0. The van der Waals surface area contributed by atoms with Crippen LogP contribution in [-0.4, -0.2) is 43.3 Å². The van der Waals surface area contributed by atoms with E-state index in [4.69, 9.17) is 4.74 Å². The van der Waals surface area contributed by atoms with Crippen molar-refractivity contribution < 1.29 is 9.53 Å². The van der Waals surface area contributed by atoms with E-state index in [0.29, 0.717) is 12.1 Å². The van der Waals surface area contributed by atoms with Crippen LogP contribution in [0.4, 0.5) is 4.79 Å². The van der Waals surface area contributed by atoms with Crippen molar-refractivity contribution in [3.63, 3.8) is 0 Å². The number of nitrogens with zero attached hydrogens (tertiary/aromatic N) is 1. The Kier molecular flexibility index (Phi) is 5.60. The minimum absolute atomic E-state index is 0.199. The SMILES string of the molecule is CCCC(C)NC1CCCN(C(=O)OC)C1. The Hall–Kier alpha value is -0.770. The first-order valence-corrected chi connectivity index (χ1v) is 6.26. The molecular weight excluding hydrogens is 204 g/mol. The number of carbonyl (C=O) groups excluding carboxylic acids is 1. The molecule has 1 N–H and O–H groups in total. The molecule has 0 aliphatic carbocycles. The normalized spacial score (nSPS) is 22.9. The number of likely N-dealkylation sites (tertiary alicyclic amines) is 1. The van der Waals surface area contributed by atoms with Gasteiger partial charge in [0.1, 0.15) is 0 Å². The van der Waals surface area contributed by atoms with Crippen LogP contribution in [0.5, 0.6) is 0 Å². The third kappa shape index (κ3) is 4.00. The molecule has 0 aromatic heterocycles. The lowest BCUT2D eigenvalue weighted by Crippen LogP contribution is -2.50. The summed E-state index contributed by atoms with van der Waals surface area (Å²) in [4.78, 5) is 13.2. The molecule has 1 amide bonds. The highest BCUT2D eigenvalue weighted by molar-refractivity contribution is 5.67. The van der Waals surface area contributed by atoms with Crippen LogP contribution in [0.25, 0.3) is 0 Å². The molecule has 0 aromatic carbocycles. The standard InChI is InChI=1S/C12H24N2O2/c1-4-6-10(2)13-11-7-5-8-14(9-11)12(15)16-3/h10-11,13H,4-9H2,1-3H3. The molecular formula is C12H24N2O2. The van der Waals surface area contributed by atoms with Crippen LogP contribution < -0.4 is 5.32 Å². The number of hydrogen-bond donors (Lipinski definition) is 1. The van der Waals surface area contributed by atoms with Gasteiger partial charge < -0.3 is 15.0 Å². The minimum atomic E-state index is -0.199. The van der Waals surface area contributed by atoms with Crippen LogP contribution >= 0.6 is 0 Å². The fourth-order valence-corrected chi connectivity index (χ4v) is 2.33. The van der Waals surface area contributed by atoms with Crippen molar-refractivity contribution in [1.82, 2.24) is 10.2 Å². The highest BCUT2D eigenvalue weighted by Crippen LogP contribution is 2.12. The summed E-state index contributed by atoms with van der Waals surface area (Å²) in [7, 11) is 1.44. The van der Waals surface area contributed by atoms with Crippen LogP contribution in [0.2, 0.25) is 0 Å². The number of piperidine rings is 1. The van der Waals surface area contributed by atoms with Crippen LogP contribution in [0.3, 0.4) is 0 Å². The summed E-state index contributed by atoms with van der Waals surface area (Å²) in [6.07, 6.45) is 4.40. The molecule has 2 atom stereocenters. The average Bonchev–Trinajstić information content (AvgIpc) is 2.28. The Bertz CT molecular complexity index is 221. The molecule has 94 valence electrons. The fraction of sp³-hybridized carbons (Fsp3) is 0.917. The zero-order valence-corrected chi connectivity index (χ0v) is 10.7. The van der Waals surface area contributed by atoms with Gasteiger partial charge in [-0.3, -0.25) is 0 Å². The van der Waals surface area contributed by atoms with E-state index in [1.807, 2.05) is 0 Å².